The number of benzene rings is 1. The number of aliphatic hydroxyl groups is 1. The largest absolute Gasteiger partial charge is 0.480 e. The number of carbonyl (C=O) groups is 2. The normalized spacial score (nSPS) is 12.9. The van der Waals surface area contributed by atoms with Crippen LogP contribution in [0.4, 0.5) is 10.5 Å². The summed E-state index contributed by atoms with van der Waals surface area (Å²) >= 11 is 0. The van der Waals surface area contributed by atoms with Gasteiger partial charge in [0.25, 0.3) is 0 Å². The Bertz CT molecular complexity index is 522. The third-order valence-electron chi connectivity index (χ3n) is 2.28. The average Bonchev–Trinajstić information content (AvgIpc) is 2.35. The van der Waals surface area contributed by atoms with Crippen molar-refractivity contribution in [3.05, 3.63) is 29.8 Å². The lowest BCUT2D eigenvalue weighted by atomic mass is 10.2. The minimum Gasteiger partial charge on any atom is -0.480 e. The Balaban J connectivity index is 2.69. The number of nitriles is 1. The standard InChI is InChI=1S/C12H13N3O4/c1-7(16)10(11(17)18)15-12(19)14-9-4-2-3-8(5-9)6-13/h2-5,7,10,16H,1H3,(H,17,18)(H2,14,15,19)/t7-,10+/m1/s1. The lowest BCUT2D eigenvalue weighted by Crippen LogP contribution is -2.49. The van der Waals surface area contributed by atoms with E-state index >= 15 is 0 Å². The highest BCUT2D eigenvalue weighted by Crippen LogP contribution is 2.09. The molecule has 7 heteroatoms. The maximum atomic E-state index is 11.6. The number of nitrogens with one attached hydrogen (secondary N) is 2. The van der Waals surface area contributed by atoms with Crippen molar-refractivity contribution >= 4 is 17.7 Å². The molecule has 0 aliphatic heterocycles. The van der Waals surface area contributed by atoms with E-state index in [1.54, 1.807) is 18.2 Å². The summed E-state index contributed by atoms with van der Waals surface area (Å²) in [5.74, 6) is -1.34. The van der Waals surface area contributed by atoms with E-state index < -0.39 is 24.1 Å². The van der Waals surface area contributed by atoms with Crippen molar-refractivity contribution in [2.24, 2.45) is 0 Å². The van der Waals surface area contributed by atoms with Crippen LogP contribution in [0.3, 0.4) is 0 Å². The van der Waals surface area contributed by atoms with Crippen molar-refractivity contribution < 1.29 is 19.8 Å². The Morgan fingerprint density at radius 2 is 2.11 bits per heavy atom. The molecule has 0 heterocycles. The van der Waals surface area contributed by atoms with Crippen molar-refractivity contribution in [3.63, 3.8) is 0 Å². The first-order valence-electron chi connectivity index (χ1n) is 5.42. The van der Waals surface area contributed by atoms with E-state index in [9.17, 15) is 14.7 Å². The molecule has 1 aromatic carbocycles. The van der Waals surface area contributed by atoms with Gasteiger partial charge in [0.15, 0.2) is 6.04 Å². The van der Waals surface area contributed by atoms with Crippen LogP contribution < -0.4 is 10.6 Å². The third kappa shape index (κ3) is 4.29. The van der Waals surface area contributed by atoms with Crippen LogP contribution in [0.1, 0.15) is 12.5 Å². The van der Waals surface area contributed by atoms with Crippen molar-refractivity contribution in [1.82, 2.24) is 5.32 Å². The van der Waals surface area contributed by atoms with Crippen molar-refractivity contribution in [2.75, 3.05) is 5.32 Å². The molecule has 0 aliphatic rings. The van der Waals surface area contributed by atoms with E-state index in [0.29, 0.717) is 11.3 Å². The molecule has 1 rings (SSSR count). The van der Waals surface area contributed by atoms with Crippen LogP contribution in [0.2, 0.25) is 0 Å². The van der Waals surface area contributed by atoms with Gasteiger partial charge in [-0.2, -0.15) is 5.26 Å². The maximum Gasteiger partial charge on any atom is 0.328 e. The zero-order valence-electron chi connectivity index (χ0n) is 10.1. The fourth-order valence-electron chi connectivity index (χ4n) is 1.36. The Morgan fingerprint density at radius 3 is 2.63 bits per heavy atom. The summed E-state index contributed by atoms with van der Waals surface area (Å²) in [7, 11) is 0. The van der Waals surface area contributed by atoms with Gasteiger partial charge in [0, 0.05) is 5.69 Å². The SMILES string of the molecule is C[C@@H](O)[C@H](NC(=O)Nc1cccc(C#N)c1)C(=O)O. The molecule has 0 saturated heterocycles. The fraction of sp³-hybridized carbons (Fsp3) is 0.250. The number of aliphatic hydroxyl groups excluding tert-OH is 1. The van der Waals surface area contributed by atoms with Crippen LogP contribution in [0.25, 0.3) is 0 Å². The van der Waals surface area contributed by atoms with Crippen molar-refractivity contribution in [3.8, 4) is 6.07 Å². The summed E-state index contributed by atoms with van der Waals surface area (Å²) in [5, 5.41) is 31.2. The van der Waals surface area contributed by atoms with E-state index in [1.165, 1.54) is 13.0 Å². The van der Waals surface area contributed by atoms with Crippen LogP contribution in [-0.2, 0) is 4.79 Å². The number of anilines is 1. The van der Waals surface area contributed by atoms with Gasteiger partial charge in [-0.1, -0.05) is 6.07 Å². The lowest BCUT2D eigenvalue weighted by Gasteiger charge is -2.17. The molecule has 4 N–H and O–H groups in total. The molecule has 0 unspecified atom stereocenters. The van der Waals surface area contributed by atoms with Gasteiger partial charge in [-0.15, -0.1) is 0 Å². The maximum absolute atomic E-state index is 11.6. The molecule has 2 atom stereocenters. The summed E-state index contributed by atoms with van der Waals surface area (Å²) in [6, 6.07) is 5.88. The number of carboxylic acid groups (broad SMARTS) is 1. The molecular weight excluding hydrogens is 250 g/mol. The zero-order valence-corrected chi connectivity index (χ0v) is 10.1. The van der Waals surface area contributed by atoms with Gasteiger partial charge >= 0.3 is 12.0 Å². The number of carbonyl (C=O) groups excluding carboxylic acids is 1. The van der Waals surface area contributed by atoms with Gasteiger partial charge in [0.1, 0.15) is 0 Å². The number of urea groups is 1. The number of hydrogen-bond acceptors (Lipinski definition) is 4. The highest BCUT2D eigenvalue weighted by atomic mass is 16.4. The van der Waals surface area contributed by atoms with Crippen molar-refractivity contribution in [2.45, 2.75) is 19.1 Å². The quantitative estimate of drug-likeness (QED) is 0.630. The van der Waals surface area contributed by atoms with Crippen LogP contribution in [0.15, 0.2) is 24.3 Å². The van der Waals surface area contributed by atoms with E-state index in [0.717, 1.165) is 0 Å². The molecule has 0 fully saturated rings. The minimum absolute atomic E-state index is 0.353. The van der Waals surface area contributed by atoms with Crippen molar-refractivity contribution in [1.29, 1.82) is 5.26 Å². The van der Waals surface area contributed by atoms with Gasteiger partial charge in [0.05, 0.1) is 17.7 Å². The molecule has 0 aromatic heterocycles. The number of rotatable bonds is 4. The second-order valence-electron chi connectivity index (χ2n) is 3.85. The average molecular weight is 263 g/mol. The molecule has 1 aromatic rings. The van der Waals surface area contributed by atoms with Crippen LogP contribution in [0.5, 0.6) is 0 Å². The van der Waals surface area contributed by atoms with Gasteiger partial charge in [-0.25, -0.2) is 9.59 Å². The van der Waals surface area contributed by atoms with E-state index in [4.69, 9.17) is 10.4 Å². The topological polar surface area (TPSA) is 122 Å². The second-order valence-corrected chi connectivity index (χ2v) is 3.85. The van der Waals surface area contributed by atoms with Crippen LogP contribution >= 0.6 is 0 Å². The van der Waals surface area contributed by atoms with E-state index in [1.807, 2.05) is 6.07 Å². The molecule has 2 amide bonds. The lowest BCUT2D eigenvalue weighted by molar-refractivity contribution is -0.141. The summed E-state index contributed by atoms with van der Waals surface area (Å²) in [6.45, 7) is 1.26. The highest BCUT2D eigenvalue weighted by molar-refractivity contribution is 5.92. The minimum atomic E-state index is -1.40. The van der Waals surface area contributed by atoms with Gasteiger partial charge < -0.3 is 20.8 Å². The number of carboxylic acids is 1. The van der Waals surface area contributed by atoms with Gasteiger partial charge in [0.2, 0.25) is 0 Å². The molecule has 0 saturated carbocycles. The van der Waals surface area contributed by atoms with Crippen LogP contribution in [-0.4, -0.2) is 34.4 Å². The second kappa shape index (κ2) is 6.37. The number of amides is 2. The zero-order chi connectivity index (χ0) is 14.4. The smallest absolute Gasteiger partial charge is 0.328 e. The molecular formula is C12H13N3O4. The van der Waals surface area contributed by atoms with Crippen LogP contribution in [0, 0.1) is 11.3 Å². The van der Waals surface area contributed by atoms with E-state index in [-0.39, 0.29) is 0 Å². The van der Waals surface area contributed by atoms with Gasteiger partial charge in [-0.3, -0.25) is 0 Å². The molecule has 0 aliphatic carbocycles. The van der Waals surface area contributed by atoms with Gasteiger partial charge in [-0.05, 0) is 25.1 Å². The summed E-state index contributed by atoms with van der Waals surface area (Å²) < 4.78 is 0. The third-order valence-corrected chi connectivity index (χ3v) is 2.28. The Morgan fingerprint density at radius 1 is 1.42 bits per heavy atom. The highest BCUT2D eigenvalue weighted by Gasteiger charge is 2.24. The fourth-order valence-corrected chi connectivity index (χ4v) is 1.36. The first kappa shape index (κ1) is 14.5. The number of aliphatic carboxylic acids is 1. The Kier molecular flexibility index (Phi) is 4.85. The molecule has 19 heavy (non-hydrogen) atoms. The molecule has 0 spiro atoms. The predicted molar refractivity (Wildman–Crippen MR) is 66.4 cm³/mol. The molecule has 0 radical (unpaired) electrons. The number of nitrogens with zero attached hydrogens (tertiary/aromatic N) is 1. The monoisotopic (exact) mass is 263 g/mol. The Hall–Kier alpha value is -2.59. The summed E-state index contributed by atoms with van der Waals surface area (Å²) in [6.07, 6.45) is -1.23. The number of hydrogen-bond donors (Lipinski definition) is 4. The molecule has 100 valence electrons. The first-order valence-corrected chi connectivity index (χ1v) is 5.42. The predicted octanol–water partition coefficient (Wildman–Crippen LogP) is 0.514. The Labute approximate surface area is 109 Å². The first-order chi connectivity index (χ1) is 8.93. The molecule has 0 bridgehead atoms. The van der Waals surface area contributed by atoms with E-state index in [2.05, 4.69) is 10.6 Å². The summed E-state index contributed by atoms with van der Waals surface area (Å²) in [5.41, 5.74) is 0.717. The molecule has 7 nitrogen and oxygen atoms in total. The summed E-state index contributed by atoms with van der Waals surface area (Å²) in [4.78, 5) is 22.3.